The fourth-order valence-electron chi connectivity index (χ4n) is 3.80. The number of nitrogens with one attached hydrogen (secondary N) is 1. The van der Waals surface area contributed by atoms with Crippen LogP contribution in [0.4, 0.5) is 5.82 Å². The first kappa shape index (κ1) is 18.1. The number of ether oxygens (including phenoxy) is 2. The summed E-state index contributed by atoms with van der Waals surface area (Å²) in [7, 11) is 3.25. The zero-order valence-electron chi connectivity index (χ0n) is 16.2. The summed E-state index contributed by atoms with van der Waals surface area (Å²) in [6.45, 7) is 2.11. The molecule has 1 unspecified atom stereocenters. The number of aryl methyl sites for hydroxylation is 1. The maximum Gasteiger partial charge on any atom is 0.226 e. The van der Waals surface area contributed by atoms with Gasteiger partial charge in [0.1, 0.15) is 17.3 Å². The Balaban J connectivity index is 1.84. The van der Waals surface area contributed by atoms with Gasteiger partial charge in [-0.1, -0.05) is 31.2 Å². The number of aromatic nitrogens is 2. The van der Waals surface area contributed by atoms with E-state index in [1.807, 2.05) is 47.3 Å². The van der Waals surface area contributed by atoms with Crippen molar-refractivity contribution < 1.29 is 14.3 Å². The Kier molecular flexibility index (Phi) is 4.77. The fraction of sp³-hybridized carbons (Fsp3) is 0.273. The van der Waals surface area contributed by atoms with Crippen molar-refractivity contribution >= 4 is 11.7 Å². The number of nitrogens with zero attached hydrogens (tertiary/aromatic N) is 2. The van der Waals surface area contributed by atoms with Gasteiger partial charge in [-0.05, 0) is 24.1 Å². The number of hydrogen-bond donors (Lipinski definition) is 1. The number of para-hydroxylation sites is 1. The van der Waals surface area contributed by atoms with Crippen LogP contribution in [0.5, 0.6) is 11.5 Å². The molecule has 144 valence electrons. The molecule has 28 heavy (non-hydrogen) atoms. The number of methoxy groups -OCH3 is 2. The quantitative estimate of drug-likeness (QED) is 0.732. The molecule has 2 aromatic carbocycles. The molecule has 1 aliphatic rings. The second-order valence-electron chi connectivity index (χ2n) is 6.76. The standard InChI is InChI=1S/C22H23N3O3/c1-4-14-7-5-6-8-19(14)25-22-18(13-23-25)17(12-21(26)24-22)16-10-9-15(27-2)11-20(16)28-3/h5-11,13,17H,4,12H2,1-3H3,(H,24,26). The average Bonchev–Trinajstić information content (AvgIpc) is 3.16. The third-order valence-corrected chi connectivity index (χ3v) is 5.24. The van der Waals surface area contributed by atoms with Gasteiger partial charge in [-0.3, -0.25) is 4.79 Å². The van der Waals surface area contributed by atoms with Gasteiger partial charge < -0.3 is 14.8 Å². The Bertz CT molecular complexity index is 1030. The number of hydrogen-bond acceptors (Lipinski definition) is 4. The fourth-order valence-corrected chi connectivity index (χ4v) is 3.80. The van der Waals surface area contributed by atoms with Gasteiger partial charge in [0, 0.05) is 29.5 Å². The van der Waals surface area contributed by atoms with Crippen molar-refractivity contribution in [1.82, 2.24) is 9.78 Å². The van der Waals surface area contributed by atoms with E-state index >= 15 is 0 Å². The molecular formula is C22H23N3O3. The molecule has 1 amide bonds. The van der Waals surface area contributed by atoms with Crippen LogP contribution < -0.4 is 14.8 Å². The normalized spacial score (nSPS) is 15.7. The van der Waals surface area contributed by atoms with E-state index in [1.165, 1.54) is 5.56 Å². The second kappa shape index (κ2) is 7.38. The minimum absolute atomic E-state index is 0.0360. The second-order valence-corrected chi connectivity index (χ2v) is 6.76. The van der Waals surface area contributed by atoms with Crippen molar-refractivity contribution in [2.75, 3.05) is 19.5 Å². The molecule has 0 bridgehead atoms. The number of anilines is 1. The van der Waals surface area contributed by atoms with E-state index in [9.17, 15) is 4.79 Å². The molecular weight excluding hydrogens is 354 g/mol. The lowest BCUT2D eigenvalue weighted by molar-refractivity contribution is -0.116. The van der Waals surface area contributed by atoms with Gasteiger partial charge in [0.05, 0.1) is 26.1 Å². The summed E-state index contributed by atoms with van der Waals surface area (Å²) < 4.78 is 12.7. The van der Waals surface area contributed by atoms with Gasteiger partial charge in [0.15, 0.2) is 0 Å². The summed E-state index contributed by atoms with van der Waals surface area (Å²) in [5.41, 5.74) is 4.08. The summed E-state index contributed by atoms with van der Waals surface area (Å²) in [6, 6.07) is 13.8. The maximum absolute atomic E-state index is 12.6. The van der Waals surface area contributed by atoms with Gasteiger partial charge in [-0.25, -0.2) is 4.68 Å². The highest BCUT2D eigenvalue weighted by molar-refractivity contribution is 5.94. The molecule has 0 fully saturated rings. The van der Waals surface area contributed by atoms with Crippen LogP contribution >= 0.6 is 0 Å². The molecule has 4 rings (SSSR count). The highest BCUT2D eigenvalue weighted by atomic mass is 16.5. The molecule has 0 aliphatic carbocycles. The van der Waals surface area contributed by atoms with Crippen LogP contribution in [0.1, 0.15) is 36.0 Å². The summed E-state index contributed by atoms with van der Waals surface area (Å²) in [6.07, 6.45) is 3.07. The lowest BCUT2D eigenvalue weighted by Gasteiger charge is -2.25. The van der Waals surface area contributed by atoms with Crippen molar-refractivity contribution in [1.29, 1.82) is 0 Å². The van der Waals surface area contributed by atoms with Gasteiger partial charge in [0.25, 0.3) is 0 Å². The highest BCUT2D eigenvalue weighted by Crippen LogP contribution is 2.42. The van der Waals surface area contributed by atoms with E-state index in [0.29, 0.717) is 17.9 Å². The van der Waals surface area contributed by atoms with E-state index in [1.54, 1.807) is 14.2 Å². The van der Waals surface area contributed by atoms with Crippen LogP contribution in [0.2, 0.25) is 0 Å². The first-order valence-corrected chi connectivity index (χ1v) is 9.34. The highest BCUT2D eigenvalue weighted by Gasteiger charge is 2.32. The van der Waals surface area contributed by atoms with Crippen molar-refractivity contribution in [3.05, 3.63) is 65.4 Å². The molecule has 6 heteroatoms. The molecule has 0 radical (unpaired) electrons. The van der Waals surface area contributed by atoms with Gasteiger partial charge >= 0.3 is 0 Å². The number of fused-ring (bicyclic) bond motifs is 1. The monoisotopic (exact) mass is 377 g/mol. The Morgan fingerprint density at radius 3 is 2.71 bits per heavy atom. The molecule has 1 aliphatic heterocycles. The smallest absolute Gasteiger partial charge is 0.226 e. The molecule has 1 N–H and O–H groups in total. The number of carbonyl (C=O) groups is 1. The van der Waals surface area contributed by atoms with Gasteiger partial charge in [-0.2, -0.15) is 5.10 Å². The van der Waals surface area contributed by atoms with E-state index < -0.39 is 0 Å². The maximum atomic E-state index is 12.6. The lowest BCUT2D eigenvalue weighted by atomic mass is 9.86. The molecule has 0 saturated carbocycles. The van der Waals surface area contributed by atoms with Crippen molar-refractivity contribution in [3.63, 3.8) is 0 Å². The number of carbonyl (C=O) groups excluding carboxylic acids is 1. The molecule has 2 heterocycles. The van der Waals surface area contributed by atoms with E-state index in [2.05, 4.69) is 23.4 Å². The first-order valence-electron chi connectivity index (χ1n) is 9.34. The van der Waals surface area contributed by atoms with Crippen LogP contribution in [-0.4, -0.2) is 29.9 Å². The minimum Gasteiger partial charge on any atom is -0.497 e. The van der Waals surface area contributed by atoms with Gasteiger partial charge in [-0.15, -0.1) is 0 Å². The number of benzene rings is 2. The average molecular weight is 377 g/mol. The molecule has 3 aromatic rings. The predicted octanol–water partition coefficient (Wildman–Crippen LogP) is 3.93. The lowest BCUT2D eigenvalue weighted by Crippen LogP contribution is -2.25. The molecule has 0 saturated heterocycles. The van der Waals surface area contributed by atoms with Gasteiger partial charge in [0.2, 0.25) is 5.91 Å². The van der Waals surface area contributed by atoms with Crippen LogP contribution in [0, 0.1) is 0 Å². The Hall–Kier alpha value is -3.28. The Morgan fingerprint density at radius 2 is 1.96 bits per heavy atom. The Labute approximate surface area is 164 Å². The van der Waals surface area contributed by atoms with Crippen LogP contribution in [-0.2, 0) is 11.2 Å². The third-order valence-electron chi connectivity index (χ3n) is 5.24. The number of amides is 1. The first-order chi connectivity index (χ1) is 13.7. The van der Waals surface area contributed by atoms with Crippen LogP contribution in [0.3, 0.4) is 0 Å². The zero-order chi connectivity index (χ0) is 19.7. The van der Waals surface area contributed by atoms with E-state index in [4.69, 9.17) is 9.47 Å². The molecule has 0 spiro atoms. The Morgan fingerprint density at radius 1 is 1.14 bits per heavy atom. The van der Waals surface area contributed by atoms with Crippen LogP contribution in [0.25, 0.3) is 5.69 Å². The van der Waals surface area contributed by atoms with Crippen molar-refractivity contribution in [3.8, 4) is 17.2 Å². The SMILES string of the molecule is CCc1ccccc1-n1ncc2c1NC(=O)CC2c1ccc(OC)cc1OC. The summed E-state index contributed by atoms with van der Waals surface area (Å²) in [5, 5.41) is 7.63. The predicted molar refractivity (Wildman–Crippen MR) is 108 cm³/mol. The summed E-state index contributed by atoms with van der Waals surface area (Å²) >= 11 is 0. The summed E-state index contributed by atoms with van der Waals surface area (Å²) in [5.74, 6) is 1.97. The molecule has 6 nitrogen and oxygen atoms in total. The third kappa shape index (κ3) is 3.01. The van der Waals surface area contributed by atoms with E-state index in [-0.39, 0.29) is 11.8 Å². The number of rotatable bonds is 5. The van der Waals surface area contributed by atoms with Crippen molar-refractivity contribution in [2.45, 2.75) is 25.7 Å². The summed E-state index contributed by atoms with van der Waals surface area (Å²) in [4.78, 5) is 12.6. The zero-order valence-corrected chi connectivity index (χ0v) is 16.2. The van der Waals surface area contributed by atoms with E-state index in [0.717, 1.165) is 29.1 Å². The van der Waals surface area contributed by atoms with Crippen molar-refractivity contribution in [2.24, 2.45) is 0 Å². The molecule has 1 aromatic heterocycles. The topological polar surface area (TPSA) is 65.4 Å². The molecule has 1 atom stereocenters. The largest absolute Gasteiger partial charge is 0.497 e. The van der Waals surface area contributed by atoms with Crippen LogP contribution in [0.15, 0.2) is 48.7 Å². The minimum atomic E-state index is -0.132.